The van der Waals surface area contributed by atoms with Gasteiger partial charge in [0.25, 0.3) is 0 Å². The van der Waals surface area contributed by atoms with Crippen LogP contribution < -0.4 is 0 Å². The van der Waals surface area contributed by atoms with E-state index in [1.165, 1.54) is 38.5 Å². The Balaban J connectivity index is 1.44. The molecule has 118 valence electrons. The van der Waals surface area contributed by atoms with Gasteiger partial charge in [-0.2, -0.15) is 0 Å². The second-order valence-corrected chi connectivity index (χ2v) is 8.65. The summed E-state index contributed by atoms with van der Waals surface area (Å²) in [6.45, 7) is 5.74. The zero-order valence-corrected chi connectivity index (χ0v) is 13.5. The largest absolute Gasteiger partial charge is 0.372 e. The molecule has 0 aromatic heterocycles. The highest BCUT2D eigenvalue weighted by atomic mass is 16.5. The predicted molar refractivity (Wildman–Crippen MR) is 81.8 cm³/mol. The lowest BCUT2D eigenvalue weighted by Gasteiger charge is -2.57. The first kappa shape index (κ1) is 14.0. The van der Waals surface area contributed by atoms with Gasteiger partial charge in [-0.3, -0.25) is 4.79 Å². The Morgan fingerprint density at radius 1 is 1.00 bits per heavy atom. The Hall–Kier alpha value is -0.570. The number of morpholine rings is 1. The van der Waals surface area contributed by atoms with Gasteiger partial charge >= 0.3 is 0 Å². The first-order valence-electron chi connectivity index (χ1n) is 8.94. The van der Waals surface area contributed by atoms with E-state index in [0.717, 1.165) is 37.3 Å². The average Bonchev–Trinajstić information content (AvgIpc) is 2.35. The van der Waals surface area contributed by atoms with Crippen molar-refractivity contribution in [1.82, 2.24) is 4.90 Å². The number of hydrogen-bond donors (Lipinski definition) is 0. The van der Waals surface area contributed by atoms with Gasteiger partial charge in [-0.25, -0.2) is 0 Å². The summed E-state index contributed by atoms with van der Waals surface area (Å²) in [5, 5.41) is 0. The van der Waals surface area contributed by atoms with E-state index in [1.807, 2.05) is 0 Å². The molecule has 3 nitrogen and oxygen atoms in total. The minimum absolute atomic E-state index is 0.189. The van der Waals surface area contributed by atoms with E-state index in [9.17, 15) is 4.79 Å². The van der Waals surface area contributed by atoms with Gasteiger partial charge in [-0.1, -0.05) is 0 Å². The maximum atomic E-state index is 12.8. The summed E-state index contributed by atoms with van der Waals surface area (Å²) in [5.41, 5.74) is 0.372. The van der Waals surface area contributed by atoms with E-state index in [0.29, 0.717) is 11.3 Å². The molecule has 4 bridgehead atoms. The molecule has 4 aliphatic carbocycles. The van der Waals surface area contributed by atoms with Crippen LogP contribution in [0.1, 0.15) is 58.8 Å². The molecule has 5 fully saturated rings. The van der Waals surface area contributed by atoms with Crippen LogP contribution in [0.15, 0.2) is 0 Å². The molecule has 5 rings (SSSR count). The Bertz CT molecular complexity index is 388. The lowest BCUT2D eigenvalue weighted by Crippen LogP contribution is -2.52. The van der Waals surface area contributed by atoms with Crippen LogP contribution >= 0.6 is 0 Å². The first-order valence-corrected chi connectivity index (χ1v) is 8.94. The van der Waals surface area contributed by atoms with Crippen LogP contribution in [-0.2, 0) is 9.53 Å². The summed E-state index contributed by atoms with van der Waals surface area (Å²) in [7, 11) is 0. The molecule has 3 heteroatoms. The lowest BCUT2D eigenvalue weighted by molar-refractivity contribution is -0.150. The minimum Gasteiger partial charge on any atom is -0.372 e. The van der Waals surface area contributed by atoms with E-state index in [4.69, 9.17) is 4.74 Å². The molecular weight excluding hydrogens is 262 g/mol. The maximum absolute atomic E-state index is 12.8. The maximum Gasteiger partial charge on any atom is 0.223 e. The Morgan fingerprint density at radius 3 is 1.95 bits per heavy atom. The van der Waals surface area contributed by atoms with Gasteiger partial charge in [0.2, 0.25) is 5.91 Å². The Morgan fingerprint density at radius 2 is 1.48 bits per heavy atom. The minimum atomic E-state index is 0.189. The summed E-state index contributed by atoms with van der Waals surface area (Å²) >= 11 is 0. The molecule has 4 saturated carbocycles. The van der Waals surface area contributed by atoms with Gasteiger partial charge in [0, 0.05) is 19.5 Å². The zero-order valence-electron chi connectivity index (χ0n) is 13.5. The second-order valence-electron chi connectivity index (χ2n) is 8.65. The van der Waals surface area contributed by atoms with Crippen molar-refractivity contribution in [2.45, 2.75) is 71.0 Å². The number of nitrogens with zero attached hydrogens (tertiary/aromatic N) is 1. The van der Waals surface area contributed by atoms with Gasteiger partial charge in [0.1, 0.15) is 0 Å². The predicted octanol–water partition coefficient (Wildman–Crippen LogP) is 3.23. The molecule has 1 saturated heterocycles. The Labute approximate surface area is 128 Å². The SMILES string of the molecule is C[C@H]1CN(C(=O)CC23CC4CC(CC(C4)C2)C3)C[C@H](C)O1. The number of carbonyl (C=O) groups is 1. The van der Waals surface area contributed by atoms with Crippen molar-refractivity contribution in [2.24, 2.45) is 23.2 Å². The molecule has 5 aliphatic rings. The number of amides is 1. The lowest BCUT2D eigenvalue weighted by atomic mass is 9.49. The summed E-state index contributed by atoms with van der Waals surface area (Å²) in [6, 6.07) is 0. The molecular formula is C18H29NO2. The quantitative estimate of drug-likeness (QED) is 0.782. The third kappa shape index (κ3) is 2.62. The highest BCUT2D eigenvalue weighted by molar-refractivity contribution is 5.77. The Kier molecular flexibility index (Phi) is 3.33. The van der Waals surface area contributed by atoms with Crippen molar-refractivity contribution in [2.75, 3.05) is 13.1 Å². The smallest absolute Gasteiger partial charge is 0.223 e. The van der Waals surface area contributed by atoms with Gasteiger partial charge in [-0.05, 0) is 75.5 Å². The molecule has 1 aliphatic heterocycles. The number of rotatable bonds is 2. The molecule has 1 heterocycles. The standard InChI is InChI=1S/C18H29NO2/c1-12-10-19(11-13(2)21-12)17(20)9-18-6-14-3-15(7-18)5-16(4-14)8-18/h12-16H,3-11H2,1-2H3/t12-,13-,14?,15?,16?,18?/m0/s1. The normalized spacial score (nSPS) is 48.7. The molecule has 0 unspecified atom stereocenters. The molecule has 0 aromatic rings. The average molecular weight is 291 g/mol. The van der Waals surface area contributed by atoms with Crippen LogP contribution in [0.3, 0.4) is 0 Å². The monoisotopic (exact) mass is 291 g/mol. The molecule has 1 amide bonds. The third-order valence-corrected chi connectivity index (χ3v) is 6.46. The van der Waals surface area contributed by atoms with E-state index >= 15 is 0 Å². The van der Waals surface area contributed by atoms with Crippen molar-refractivity contribution in [1.29, 1.82) is 0 Å². The van der Waals surface area contributed by atoms with Crippen molar-refractivity contribution >= 4 is 5.91 Å². The summed E-state index contributed by atoms with van der Waals surface area (Å²) in [6.07, 6.45) is 9.57. The van der Waals surface area contributed by atoms with Crippen LogP contribution in [0.4, 0.5) is 0 Å². The van der Waals surface area contributed by atoms with Crippen molar-refractivity contribution in [3.05, 3.63) is 0 Å². The third-order valence-electron chi connectivity index (χ3n) is 6.46. The molecule has 0 radical (unpaired) electrons. The van der Waals surface area contributed by atoms with Crippen LogP contribution in [0, 0.1) is 23.2 Å². The fraction of sp³-hybridized carbons (Fsp3) is 0.944. The molecule has 0 N–H and O–H groups in total. The topological polar surface area (TPSA) is 29.5 Å². The second kappa shape index (κ2) is 4.97. The molecule has 2 atom stereocenters. The fourth-order valence-electron chi connectivity index (χ4n) is 6.32. The van der Waals surface area contributed by atoms with E-state index < -0.39 is 0 Å². The van der Waals surface area contributed by atoms with Gasteiger partial charge in [0.15, 0.2) is 0 Å². The molecule has 0 spiro atoms. The number of hydrogen-bond acceptors (Lipinski definition) is 2. The fourth-order valence-corrected chi connectivity index (χ4v) is 6.32. The van der Waals surface area contributed by atoms with Gasteiger partial charge < -0.3 is 9.64 Å². The van der Waals surface area contributed by atoms with E-state index in [2.05, 4.69) is 18.7 Å². The van der Waals surface area contributed by atoms with E-state index in [-0.39, 0.29) is 12.2 Å². The first-order chi connectivity index (χ1) is 10.0. The zero-order chi connectivity index (χ0) is 14.6. The molecule has 21 heavy (non-hydrogen) atoms. The van der Waals surface area contributed by atoms with Crippen LogP contribution in [0.25, 0.3) is 0 Å². The summed E-state index contributed by atoms with van der Waals surface area (Å²) < 4.78 is 5.77. The summed E-state index contributed by atoms with van der Waals surface area (Å²) in [5.74, 6) is 3.21. The number of ether oxygens (including phenoxy) is 1. The van der Waals surface area contributed by atoms with E-state index in [1.54, 1.807) is 0 Å². The highest BCUT2D eigenvalue weighted by Gasteiger charge is 2.51. The van der Waals surface area contributed by atoms with Crippen molar-refractivity contribution in [3.8, 4) is 0 Å². The van der Waals surface area contributed by atoms with Gasteiger partial charge in [0.05, 0.1) is 12.2 Å². The highest BCUT2D eigenvalue weighted by Crippen LogP contribution is 2.61. The van der Waals surface area contributed by atoms with Gasteiger partial charge in [-0.15, -0.1) is 0 Å². The number of carbonyl (C=O) groups excluding carboxylic acids is 1. The van der Waals surface area contributed by atoms with Crippen LogP contribution in [0.5, 0.6) is 0 Å². The molecule has 0 aromatic carbocycles. The summed E-state index contributed by atoms with van der Waals surface area (Å²) in [4.78, 5) is 14.9. The van der Waals surface area contributed by atoms with Crippen molar-refractivity contribution in [3.63, 3.8) is 0 Å². The van der Waals surface area contributed by atoms with Crippen molar-refractivity contribution < 1.29 is 9.53 Å². The van der Waals surface area contributed by atoms with Crippen LogP contribution in [-0.4, -0.2) is 36.1 Å². The van der Waals surface area contributed by atoms with Crippen LogP contribution in [0.2, 0.25) is 0 Å².